The van der Waals surface area contributed by atoms with E-state index in [1.54, 1.807) is 0 Å². The number of amidine groups is 1. The lowest BCUT2D eigenvalue weighted by atomic mass is 9.93. The monoisotopic (exact) mass is 247 g/mol. The smallest absolute Gasteiger partial charge is 0.311 e. The molecule has 0 unspecified atom stereocenters. The number of nitrogens with one attached hydrogen (secondary N) is 1. The van der Waals surface area contributed by atoms with Crippen molar-refractivity contribution in [1.82, 2.24) is 0 Å². The zero-order valence-corrected chi connectivity index (χ0v) is 10.6. The molecule has 6 nitrogen and oxygen atoms in total. The molecule has 1 aliphatic carbocycles. The lowest BCUT2D eigenvalue weighted by Crippen LogP contribution is -2.90. The molecule has 2 heterocycles. The van der Waals surface area contributed by atoms with E-state index in [1.807, 2.05) is 20.8 Å². The molecule has 1 saturated heterocycles. The first-order valence-corrected chi connectivity index (χ1v) is 5.90. The highest BCUT2D eigenvalue weighted by Crippen LogP contribution is 2.82. The lowest BCUT2D eigenvalue weighted by Gasteiger charge is -2.25. The van der Waals surface area contributed by atoms with Crippen LogP contribution in [0.5, 0.6) is 0 Å². The number of hydrogen-bond acceptors (Lipinski definition) is 5. The van der Waals surface area contributed by atoms with Gasteiger partial charge in [0.1, 0.15) is 0 Å². The van der Waals surface area contributed by atoms with E-state index in [4.69, 9.17) is 15.2 Å². The highest BCUT2D eigenvalue weighted by Gasteiger charge is 3.01. The van der Waals surface area contributed by atoms with Crippen LogP contribution in [0.25, 0.3) is 0 Å². The summed E-state index contributed by atoms with van der Waals surface area (Å²) in [5.74, 6) is -1.02. The second-order valence-corrected chi connectivity index (χ2v) is 5.74. The van der Waals surface area contributed by atoms with Crippen LogP contribution in [-0.4, -0.2) is 24.5 Å². The minimum absolute atomic E-state index is 0.138. The van der Waals surface area contributed by atoms with E-state index in [2.05, 4.69) is 17.1 Å². The summed E-state index contributed by atoms with van der Waals surface area (Å²) in [7, 11) is 0. The number of nitrogens with two attached hydrogens (primary N) is 1. The van der Waals surface area contributed by atoms with Gasteiger partial charge in [0, 0.05) is 5.41 Å². The molecule has 4 atom stereocenters. The van der Waals surface area contributed by atoms with Crippen molar-refractivity contribution in [2.24, 2.45) is 22.0 Å². The molecule has 3 N–H and O–H groups in total. The Hall–Kier alpha value is -1.63. The summed E-state index contributed by atoms with van der Waals surface area (Å²) < 4.78 is 11.5. The Morgan fingerprint density at radius 1 is 1.39 bits per heavy atom. The van der Waals surface area contributed by atoms with Gasteiger partial charge in [0.15, 0.2) is 10.8 Å². The van der Waals surface area contributed by atoms with Crippen LogP contribution in [-0.2, 0) is 9.47 Å². The van der Waals surface area contributed by atoms with Gasteiger partial charge in [-0.2, -0.15) is 10.5 Å². The van der Waals surface area contributed by atoms with Gasteiger partial charge in [-0.1, -0.05) is 13.8 Å². The van der Waals surface area contributed by atoms with Crippen LogP contribution in [0, 0.1) is 38.9 Å². The van der Waals surface area contributed by atoms with Gasteiger partial charge in [0.05, 0.1) is 24.8 Å². The second-order valence-electron chi connectivity index (χ2n) is 5.74. The van der Waals surface area contributed by atoms with Crippen LogP contribution >= 0.6 is 0 Å². The molecule has 0 aromatic heterocycles. The summed E-state index contributed by atoms with van der Waals surface area (Å²) in [6, 6.07) is 4.45. The first kappa shape index (κ1) is 11.5. The average molecular weight is 247 g/mol. The number of rotatable bonds is 0. The van der Waals surface area contributed by atoms with Crippen molar-refractivity contribution in [1.29, 1.82) is 10.5 Å². The Labute approximate surface area is 105 Å². The van der Waals surface area contributed by atoms with Crippen molar-refractivity contribution in [2.75, 3.05) is 6.61 Å². The van der Waals surface area contributed by atoms with Gasteiger partial charge in [-0.05, 0) is 6.92 Å². The van der Waals surface area contributed by atoms with Crippen molar-refractivity contribution in [3.05, 3.63) is 0 Å². The number of hydrogen-bond donors (Lipinski definition) is 2. The summed E-state index contributed by atoms with van der Waals surface area (Å²) in [5.41, 5.74) is 3.21. The van der Waals surface area contributed by atoms with E-state index in [9.17, 15) is 10.5 Å². The summed E-state index contributed by atoms with van der Waals surface area (Å²) in [4.78, 5) is 2.90. The van der Waals surface area contributed by atoms with Gasteiger partial charge in [0.2, 0.25) is 0 Å². The van der Waals surface area contributed by atoms with E-state index in [0.717, 1.165) is 0 Å². The van der Waals surface area contributed by atoms with Crippen LogP contribution in [0.15, 0.2) is 0 Å². The highest BCUT2D eigenvalue weighted by molar-refractivity contribution is 5.94. The third-order valence-corrected chi connectivity index (χ3v) is 4.80. The van der Waals surface area contributed by atoms with Gasteiger partial charge in [0.25, 0.3) is 5.84 Å². The fourth-order valence-corrected chi connectivity index (χ4v) is 3.87. The van der Waals surface area contributed by atoms with Crippen molar-refractivity contribution < 1.29 is 14.5 Å². The zero-order valence-electron chi connectivity index (χ0n) is 10.6. The maximum atomic E-state index is 9.66. The molecule has 2 aliphatic heterocycles. The maximum Gasteiger partial charge on any atom is 0.343 e. The predicted molar refractivity (Wildman–Crippen MR) is 59.3 cm³/mol. The van der Waals surface area contributed by atoms with Gasteiger partial charge >= 0.3 is 5.91 Å². The zero-order chi connectivity index (χ0) is 13.4. The quantitative estimate of drug-likeness (QED) is 0.547. The van der Waals surface area contributed by atoms with Crippen molar-refractivity contribution in [2.45, 2.75) is 32.8 Å². The summed E-state index contributed by atoms with van der Waals surface area (Å²) in [5, 5.41) is 19.2. The van der Waals surface area contributed by atoms with Crippen molar-refractivity contribution >= 4 is 5.84 Å². The SMILES string of the molecule is C[C@H]1CO[C@]2([NH+]=C(N)[C@@]3(C#N)C(C)(C)[C@@]23C#N)O1. The molecule has 1 saturated carbocycles. The van der Waals surface area contributed by atoms with Gasteiger partial charge < -0.3 is 9.47 Å². The Bertz CT molecular complexity index is 557. The largest absolute Gasteiger partial charge is 0.343 e. The fraction of sp³-hybridized carbons (Fsp3) is 0.750. The molecule has 0 bridgehead atoms. The molecule has 6 heteroatoms. The molecular formula is C12H15N4O2+. The number of nitriles is 2. The summed E-state index contributed by atoms with van der Waals surface area (Å²) >= 11 is 0. The van der Waals surface area contributed by atoms with Crippen LogP contribution in [0.3, 0.4) is 0 Å². The van der Waals surface area contributed by atoms with E-state index in [1.165, 1.54) is 0 Å². The van der Waals surface area contributed by atoms with E-state index < -0.39 is 22.2 Å². The first-order chi connectivity index (χ1) is 8.35. The third kappa shape index (κ3) is 0.705. The lowest BCUT2D eigenvalue weighted by molar-refractivity contribution is -0.679. The Balaban J connectivity index is 2.24. The molecular weight excluding hydrogens is 232 g/mol. The molecule has 0 radical (unpaired) electrons. The number of nitrogens with zero attached hydrogens (tertiary/aromatic N) is 2. The fourth-order valence-electron chi connectivity index (χ4n) is 3.87. The van der Waals surface area contributed by atoms with Crippen LogP contribution in [0.2, 0.25) is 0 Å². The Kier molecular flexibility index (Phi) is 1.71. The van der Waals surface area contributed by atoms with Gasteiger partial charge in [-0.3, -0.25) is 5.73 Å². The average Bonchev–Trinajstić information content (AvgIpc) is 2.56. The molecule has 3 aliphatic rings. The Morgan fingerprint density at radius 2 is 2.06 bits per heavy atom. The Morgan fingerprint density at radius 3 is 2.44 bits per heavy atom. The maximum absolute atomic E-state index is 9.66. The normalized spacial score (nSPS) is 51.4. The molecule has 0 aromatic rings. The van der Waals surface area contributed by atoms with Gasteiger partial charge in [-0.15, -0.1) is 0 Å². The predicted octanol–water partition coefficient (Wildman–Crippen LogP) is -1.41. The van der Waals surface area contributed by atoms with Gasteiger partial charge in [-0.25, -0.2) is 4.99 Å². The summed E-state index contributed by atoms with van der Waals surface area (Å²) in [6.07, 6.45) is -0.138. The molecule has 3 rings (SSSR count). The molecule has 1 spiro atoms. The number of ether oxygens (including phenoxy) is 2. The van der Waals surface area contributed by atoms with Crippen LogP contribution in [0.4, 0.5) is 0 Å². The van der Waals surface area contributed by atoms with Crippen molar-refractivity contribution in [3.63, 3.8) is 0 Å². The number of fused-ring (bicyclic) bond motifs is 2. The van der Waals surface area contributed by atoms with Crippen molar-refractivity contribution in [3.8, 4) is 12.1 Å². The van der Waals surface area contributed by atoms with Crippen LogP contribution < -0.4 is 10.7 Å². The summed E-state index contributed by atoms with van der Waals surface area (Å²) in [6.45, 7) is 5.94. The standard InChI is InChI=1S/C12H14N4O2/c1-7-4-17-12(18-7)11(6-14)9(2,3)10(11,5-13)8(15)16-12/h7H,4H2,1-3H3,(H2,15,16)/p+1/t7-,10-,11+,12-/m0/s1. The third-order valence-electron chi connectivity index (χ3n) is 4.80. The van der Waals surface area contributed by atoms with E-state index in [0.29, 0.717) is 6.61 Å². The van der Waals surface area contributed by atoms with E-state index >= 15 is 0 Å². The molecule has 0 amide bonds. The molecule has 94 valence electrons. The van der Waals surface area contributed by atoms with Crippen LogP contribution in [0.1, 0.15) is 20.8 Å². The topological polar surface area (TPSA) is 106 Å². The van der Waals surface area contributed by atoms with E-state index in [-0.39, 0.29) is 11.9 Å². The molecule has 2 fully saturated rings. The molecule has 0 aromatic carbocycles. The minimum Gasteiger partial charge on any atom is -0.311 e. The minimum atomic E-state index is -1.29. The molecule has 18 heavy (non-hydrogen) atoms. The first-order valence-electron chi connectivity index (χ1n) is 5.90. The highest BCUT2D eigenvalue weighted by atomic mass is 16.8. The second kappa shape index (κ2) is 2.69.